The van der Waals surface area contributed by atoms with Gasteiger partial charge in [0.1, 0.15) is 18.3 Å². The van der Waals surface area contributed by atoms with Gasteiger partial charge in [0.05, 0.1) is 25.4 Å². The van der Waals surface area contributed by atoms with Crippen LogP contribution in [0, 0.1) is 0 Å². The number of esters is 1. The minimum absolute atomic E-state index is 0.210. The van der Waals surface area contributed by atoms with Gasteiger partial charge in [-0.1, -0.05) is 84.9 Å². The van der Waals surface area contributed by atoms with Crippen LogP contribution in [-0.2, 0) is 35.0 Å². The lowest BCUT2D eigenvalue weighted by molar-refractivity contribution is -0.364. The molecule has 0 radical (unpaired) electrons. The van der Waals surface area contributed by atoms with Crippen molar-refractivity contribution in [1.82, 2.24) is 0 Å². The van der Waals surface area contributed by atoms with Gasteiger partial charge in [-0.05, 0) is 17.7 Å². The first-order chi connectivity index (χ1) is 18.2. The first-order valence-corrected chi connectivity index (χ1v) is 12.3. The monoisotopic (exact) mass is 502 g/mol. The molecular formula is C30H30O7. The molecule has 0 spiro atoms. The van der Waals surface area contributed by atoms with Crippen LogP contribution >= 0.6 is 0 Å². The molecule has 0 amide bonds. The third-order valence-electron chi connectivity index (χ3n) is 6.27. The lowest BCUT2D eigenvalue weighted by Crippen LogP contribution is -2.64. The Bertz CT molecular complexity index is 1140. The van der Waals surface area contributed by atoms with Gasteiger partial charge in [-0.3, -0.25) is 0 Å². The minimum atomic E-state index is -0.896. The van der Waals surface area contributed by atoms with Crippen molar-refractivity contribution in [1.29, 1.82) is 0 Å². The largest absolute Gasteiger partial charge is 0.450 e. The Labute approximate surface area is 216 Å². The molecule has 0 unspecified atom stereocenters. The zero-order valence-electron chi connectivity index (χ0n) is 20.4. The van der Waals surface area contributed by atoms with Crippen LogP contribution in [0.25, 0.3) is 0 Å². The Morgan fingerprint density at radius 3 is 2.24 bits per heavy atom. The Morgan fingerprint density at radius 1 is 0.865 bits per heavy atom. The third kappa shape index (κ3) is 6.15. The minimum Gasteiger partial charge on any atom is -0.450 e. The van der Waals surface area contributed by atoms with Gasteiger partial charge in [-0.25, -0.2) is 4.79 Å². The van der Waals surface area contributed by atoms with Crippen molar-refractivity contribution in [3.8, 4) is 0 Å². The average Bonchev–Trinajstić information content (AvgIpc) is 2.96. The van der Waals surface area contributed by atoms with Crippen molar-refractivity contribution in [3.05, 3.63) is 120 Å². The Kier molecular flexibility index (Phi) is 8.40. The Balaban J connectivity index is 1.44. The molecule has 2 aliphatic rings. The molecule has 0 bridgehead atoms. The molecule has 0 N–H and O–H groups in total. The van der Waals surface area contributed by atoms with Gasteiger partial charge in [0.2, 0.25) is 0 Å². The van der Waals surface area contributed by atoms with Crippen molar-refractivity contribution in [2.75, 3.05) is 13.2 Å². The van der Waals surface area contributed by atoms with Crippen LogP contribution in [0.4, 0.5) is 0 Å². The van der Waals surface area contributed by atoms with Gasteiger partial charge in [0.15, 0.2) is 18.7 Å². The molecule has 2 heterocycles. The van der Waals surface area contributed by atoms with Crippen LogP contribution in [0.2, 0.25) is 0 Å². The van der Waals surface area contributed by atoms with Crippen molar-refractivity contribution >= 4 is 5.97 Å². The van der Waals surface area contributed by atoms with E-state index in [1.165, 1.54) is 0 Å². The summed E-state index contributed by atoms with van der Waals surface area (Å²) in [5.74, 6) is -0.500. The lowest BCUT2D eigenvalue weighted by atomic mass is 9.97. The zero-order chi connectivity index (χ0) is 25.5. The summed E-state index contributed by atoms with van der Waals surface area (Å²) in [5, 5.41) is 0. The van der Waals surface area contributed by atoms with Gasteiger partial charge < -0.3 is 28.4 Å². The first-order valence-electron chi connectivity index (χ1n) is 12.3. The number of fused-ring (bicyclic) bond motifs is 1. The highest BCUT2D eigenvalue weighted by molar-refractivity contribution is 5.89. The predicted octanol–water partition coefficient (Wildman–Crippen LogP) is 4.84. The van der Waals surface area contributed by atoms with E-state index >= 15 is 0 Å². The fourth-order valence-electron chi connectivity index (χ4n) is 4.47. The molecule has 3 aromatic rings. The summed E-state index contributed by atoms with van der Waals surface area (Å²) in [4.78, 5) is 13.1. The smallest absolute Gasteiger partial charge is 0.338 e. The van der Waals surface area contributed by atoms with Crippen LogP contribution in [0.3, 0.4) is 0 Å². The second kappa shape index (κ2) is 12.3. The molecular weight excluding hydrogens is 472 g/mol. The van der Waals surface area contributed by atoms with E-state index in [0.29, 0.717) is 12.2 Å². The highest BCUT2D eigenvalue weighted by atomic mass is 16.8. The number of rotatable bonds is 9. The topological polar surface area (TPSA) is 72.5 Å². The fourth-order valence-corrected chi connectivity index (χ4v) is 4.47. The number of hydrogen-bond acceptors (Lipinski definition) is 7. The van der Waals surface area contributed by atoms with Crippen molar-refractivity contribution in [2.45, 2.75) is 43.6 Å². The van der Waals surface area contributed by atoms with E-state index in [-0.39, 0.29) is 13.2 Å². The SMILES string of the molecule is C=CCO[C@@H]1O[C@@H]2CO[C@H](c3ccccc3)O[C@@H]2[C@H](OCc2ccccc2)[C@H]1OC(=O)c1ccccc1. The molecule has 2 fully saturated rings. The maximum atomic E-state index is 13.1. The van der Waals surface area contributed by atoms with E-state index in [2.05, 4.69) is 6.58 Å². The molecule has 2 saturated heterocycles. The summed E-state index contributed by atoms with van der Waals surface area (Å²) in [6.07, 6.45) is -2.52. The molecule has 0 aromatic heterocycles. The highest BCUT2D eigenvalue weighted by Gasteiger charge is 2.53. The van der Waals surface area contributed by atoms with Crippen molar-refractivity contribution < 1.29 is 33.2 Å². The molecule has 37 heavy (non-hydrogen) atoms. The van der Waals surface area contributed by atoms with Crippen LogP contribution in [-0.4, -0.2) is 49.9 Å². The molecule has 2 aliphatic heterocycles. The lowest BCUT2D eigenvalue weighted by Gasteiger charge is -2.48. The number of hydrogen-bond donors (Lipinski definition) is 0. The van der Waals surface area contributed by atoms with Crippen LogP contribution in [0.15, 0.2) is 104 Å². The molecule has 6 atom stereocenters. The summed E-state index contributed by atoms with van der Waals surface area (Å²) in [6, 6.07) is 28.3. The molecule has 7 heteroatoms. The molecule has 0 aliphatic carbocycles. The molecule has 192 valence electrons. The van der Waals surface area contributed by atoms with Crippen molar-refractivity contribution in [2.24, 2.45) is 0 Å². The third-order valence-corrected chi connectivity index (χ3v) is 6.27. The van der Waals surface area contributed by atoms with E-state index in [4.69, 9.17) is 28.4 Å². The van der Waals surface area contributed by atoms with E-state index in [9.17, 15) is 4.79 Å². The van der Waals surface area contributed by atoms with Gasteiger partial charge >= 0.3 is 5.97 Å². The summed E-state index contributed by atoms with van der Waals surface area (Å²) in [6.45, 7) is 4.50. The number of benzene rings is 3. The zero-order valence-corrected chi connectivity index (χ0v) is 20.4. The molecule has 5 rings (SSSR count). The van der Waals surface area contributed by atoms with Gasteiger partial charge in [0, 0.05) is 5.56 Å². The average molecular weight is 503 g/mol. The van der Waals surface area contributed by atoms with Crippen LogP contribution < -0.4 is 0 Å². The van der Waals surface area contributed by atoms with Gasteiger partial charge in [0.25, 0.3) is 0 Å². The standard InChI is InChI=1S/C30H30O7/c1-2-18-32-30-27(36-28(31)22-14-8-4-9-15-22)26(33-19-21-12-6-3-7-13-21)25-24(35-30)20-34-29(37-25)23-16-10-5-11-17-23/h2-17,24-27,29-30H,1,18-20H2/t24-,25+,26+,27-,29+,30-/m1/s1. The maximum Gasteiger partial charge on any atom is 0.338 e. The second-order valence-electron chi connectivity index (χ2n) is 8.84. The predicted molar refractivity (Wildman–Crippen MR) is 135 cm³/mol. The van der Waals surface area contributed by atoms with E-state index < -0.39 is 43.0 Å². The summed E-state index contributed by atoms with van der Waals surface area (Å²) in [7, 11) is 0. The summed E-state index contributed by atoms with van der Waals surface area (Å²) >= 11 is 0. The molecule has 7 nitrogen and oxygen atoms in total. The van der Waals surface area contributed by atoms with Gasteiger partial charge in [-0.15, -0.1) is 6.58 Å². The maximum absolute atomic E-state index is 13.1. The van der Waals surface area contributed by atoms with Crippen LogP contribution in [0.5, 0.6) is 0 Å². The van der Waals surface area contributed by atoms with E-state index in [1.54, 1.807) is 30.3 Å². The normalized spacial score (nSPS) is 27.1. The van der Waals surface area contributed by atoms with Crippen molar-refractivity contribution in [3.63, 3.8) is 0 Å². The number of carbonyl (C=O) groups is 1. The summed E-state index contributed by atoms with van der Waals surface area (Å²) in [5.41, 5.74) is 2.28. The highest BCUT2D eigenvalue weighted by Crippen LogP contribution is 2.37. The number of carbonyl (C=O) groups excluding carboxylic acids is 1. The quantitative estimate of drug-likeness (QED) is 0.306. The first kappa shape index (κ1) is 25.3. The second-order valence-corrected chi connectivity index (χ2v) is 8.84. The molecule has 0 saturated carbocycles. The molecule has 3 aromatic carbocycles. The summed E-state index contributed by atoms with van der Waals surface area (Å²) < 4.78 is 37.0. The van der Waals surface area contributed by atoms with E-state index in [0.717, 1.165) is 11.1 Å². The Hall–Kier alpha value is -3.33. The van der Waals surface area contributed by atoms with E-state index in [1.807, 2.05) is 66.7 Å². The van der Waals surface area contributed by atoms with Crippen LogP contribution in [0.1, 0.15) is 27.8 Å². The Morgan fingerprint density at radius 2 is 1.54 bits per heavy atom. The fraction of sp³-hybridized carbons (Fsp3) is 0.300. The number of ether oxygens (including phenoxy) is 6. The van der Waals surface area contributed by atoms with Gasteiger partial charge in [-0.2, -0.15) is 0 Å².